The van der Waals surface area contributed by atoms with Gasteiger partial charge in [0.05, 0.1) is 12.1 Å². The van der Waals surface area contributed by atoms with Crippen molar-refractivity contribution in [3.8, 4) is 0 Å². The summed E-state index contributed by atoms with van der Waals surface area (Å²) in [6.45, 7) is 0. The van der Waals surface area contributed by atoms with Gasteiger partial charge < -0.3 is 0 Å². The second-order valence-corrected chi connectivity index (χ2v) is 17.7. The van der Waals surface area contributed by atoms with Crippen LogP contribution in [0, 0.1) is 0 Å². The third kappa shape index (κ3) is 4.39. The van der Waals surface area contributed by atoms with Crippen LogP contribution < -0.4 is 21.2 Å². The van der Waals surface area contributed by atoms with Crippen LogP contribution in [0.2, 0.25) is 0 Å². The monoisotopic (exact) mass is 634 g/mol. The molecule has 0 atom stereocenters. The van der Waals surface area contributed by atoms with E-state index in [1.54, 1.807) is 0 Å². The summed E-state index contributed by atoms with van der Waals surface area (Å²) in [7, 11) is 0. The zero-order valence-corrected chi connectivity index (χ0v) is 23.7. The van der Waals surface area contributed by atoms with Crippen LogP contribution in [0.25, 0.3) is 0 Å². The lowest BCUT2D eigenvalue weighted by Gasteiger charge is -2.44. The average Bonchev–Trinajstić information content (AvgIpc) is 2.97. The minimum Gasteiger partial charge on any atom is -0.193 e. The van der Waals surface area contributed by atoms with Crippen molar-refractivity contribution in [2.24, 2.45) is 0 Å². The van der Waals surface area contributed by atoms with E-state index in [-0.39, 0.29) is 0 Å². The summed E-state index contributed by atoms with van der Waals surface area (Å²) in [4.78, 5) is 0. The first-order valence-electron chi connectivity index (χ1n) is 11.6. The van der Waals surface area contributed by atoms with Crippen LogP contribution in [0.15, 0.2) is 121 Å². The van der Waals surface area contributed by atoms with Gasteiger partial charge in [-0.05, 0) is 21.2 Å². The fourth-order valence-electron chi connectivity index (χ4n) is 4.27. The van der Waals surface area contributed by atoms with E-state index < -0.39 is 56.5 Å². The van der Waals surface area contributed by atoms with Gasteiger partial charge in [0, 0.05) is 0 Å². The molecule has 0 radical (unpaired) electrons. The number of benzene rings is 4. The van der Waals surface area contributed by atoms with Crippen molar-refractivity contribution in [2.75, 3.05) is 0 Å². The molecule has 0 spiro atoms. The Morgan fingerprint density at radius 1 is 0.350 bits per heavy atom. The Hall–Kier alpha value is -2.38. The molecule has 4 aromatic rings. The molecule has 12 heteroatoms. The highest BCUT2D eigenvalue weighted by Crippen LogP contribution is 2.73. The van der Waals surface area contributed by atoms with E-state index in [0.717, 1.165) is 48.5 Å². The molecule has 0 bridgehead atoms. The van der Waals surface area contributed by atoms with E-state index in [1.807, 2.05) is 0 Å². The summed E-state index contributed by atoms with van der Waals surface area (Å²) in [5.74, 6) is -13.3. The Bertz CT molecular complexity index is 1340. The number of halogens is 8. The second-order valence-electron chi connectivity index (χ2n) is 8.79. The number of alkyl halides is 8. The van der Waals surface area contributed by atoms with Gasteiger partial charge in [-0.3, -0.25) is 0 Å². The number of hydrogen-bond acceptors (Lipinski definition) is 2. The third-order valence-corrected chi connectivity index (χ3v) is 16.6. The number of rotatable bonds is 9. The molecule has 4 rings (SSSR count). The minimum absolute atomic E-state index is 0.537. The predicted octanol–water partition coefficient (Wildman–Crippen LogP) is 7.70. The summed E-state index contributed by atoms with van der Waals surface area (Å²) >= 11 is 10.4. The fourth-order valence-corrected chi connectivity index (χ4v) is 11.8. The Labute approximate surface area is 236 Å². The Morgan fingerprint density at radius 2 is 0.525 bits per heavy atom. The van der Waals surface area contributed by atoms with Gasteiger partial charge in [-0.15, -0.1) is 0 Å². The zero-order valence-electron chi connectivity index (χ0n) is 20.3. The van der Waals surface area contributed by atoms with Crippen LogP contribution >= 0.6 is 12.1 Å². The molecule has 0 saturated carbocycles. The van der Waals surface area contributed by atoms with E-state index in [0.29, 0.717) is 0 Å². The molecule has 0 aliphatic heterocycles. The van der Waals surface area contributed by atoms with Crippen LogP contribution in [0.4, 0.5) is 35.1 Å². The Balaban J connectivity index is 1.98. The van der Waals surface area contributed by atoms with Gasteiger partial charge >= 0.3 is 23.2 Å². The van der Waals surface area contributed by atoms with Gasteiger partial charge in [0.25, 0.3) is 0 Å². The minimum atomic E-state index is -6.63. The number of hydrogen-bond donors (Lipinski definition) is 0. The molecule has 0 aromatic heterocycles. The van der Waals surface area contributed by atoms with E-state index >= 15 is 35.1 Å². The lowest BCUT2D eigenvalue weighted by molar-refractivity contribution is -0.324. The zero-order chi connectivity index (χ0) is 29.5. The molecule has 0 aliphatic carbocycles. The Morgan fingerprint density at radius 3 is 0.700 bits per heavy atom. The maximum absolute atomic E-state index is 16.2. The van der Waals surface area contributed by atoms with Crippen LogP contribution in [-0.2, 0) is 23.6 Å². The highest BCUT2D eigenvalue weighted by atomic mass is 32.4. The highest BCUT2D eigenvalue weighted by molar-refractivity contribution is 8.23. The summed E-state index contributed by atoms with van der Waals surface area (Å²) in [5.41, 5.74) is -11.6. The molecular weight excluding hydrogens is 614 g/mol. The Kier molecular flexibility index (Phi) is 8.25. The van der Waals surface area contributed by atoms with Gasteiger partial charge in [-0.25, -0.2) is 0 Å². The smallest absolute Gasteiger partial charge is 0.193 e. The lowest BCUT2D eigenvalue weighted by atomic mass is 10.2. The first-order chi connectivity index (χ1) is 18.7. The summed E-state index contributed by atoms with van der Waals surface area (Å²) < 4.78 is 128. The van der Waals surface area contributed by atoms with E-state index in [1.165, 1.54) is 72.8 Å². The second kappa shape index (κ2) is 10.8. The van der Waals surface area contributed by atoms with Crippen LogP contribution in [0.3, 0.4) is 0 Å². The molecule has 0 saturated heterocycles. The highest BCUT2D eigenvalue weighted by Gasteiger charge is 2.85. The molecule has 0 fully saturated rings. The van der Waals surface area contributed by atoms with E-state index in [2.05, 4.69) is 0 Å². The quantitative estimate of drug-likeness (QED) is 0.137. The summed E-state index contributed by atoms with van der Waals surface area (Å²) in [5, 5.41) is -2.15. The first kappa shape index (κ1) is 30.6. The summed E-state index contributed by atoms with van der Waals surface area (Å²) in [6.07, 6.45) is 0. The largest absolute Gasteiger partial charge is 0.383 e. The summed E-state index contributed by atoms with van der Waals surface area (Å²) in [6, 6.07) is 13.0. The third-order valence-electron chi connectivity index (χ3n) is 6.42. The first-order valence-corrected chi connectivity index (χ1v) is 17.2. The topological polar surface area (TPSA) is 0 Å². The van der Waals surface area contributed by atoms with Crippen molar-refractivity contribution in [3.63, 3.8) is 0 Å². The maximum atomic E-state index is 16.2. The van der Waals surface area contributed by atoms with E-state index in [4.69, 9.17) is 23.6 Å². The molecule has 210 valence electrons. The molecule has 4 aromatic carbocycles. The van der Waals surface area contributed by atoms with Crippen LogP contribution in [-0.4, -0.2) is 23.2 Å². The molecule has 0 amide bonds. The van der Waals surface area contributed by atoms with Gasteiger partial charge in [0.2, 0.25) is 0 Å². The fraction of sp³-hybridized carbons (Fsp3) is 0.143. The van der Waals surface area contributed by atoms with Crippen molar-refractivity contribution in [1.82, 2.24) is 0 Å². The molecule has 0 unspecified atom stereocenters. The van der Waals surface area contributed by atoms with Gasteiger partial charge in [0.1, 0.15) is 0 Å². The average molecular weight is 635 g/mol. The molecule has 0 heterocycles. The van der Waals surface area contributed by atoms with Crippen molar-refractivity contribution < 1.29 is 35.1 Å². The van der Waals surface area contributed by atoms with Crippen LogP contribution in [0.1, 0.15) is 0 Å². The van der Waals surface area contributed by atoms with Gasteiger partial charge in [0.15, 0.2) is 0 Å². The maximum Gasteiger partial charge on any atom is 0.383 e. The van der Waals surface area contributed by atoms with Crippen molar-refractivity contribution >= 4 is 56.9 Å². The SMILES string of the molecule is FC(F)(C(F)(F)C(F)(F)P(=S)(c1ccccc1)c1ccccc1)C(F)(F)P(=S)(c1ccccc1)c1ccccc1. The normalized spacial score (nSPS) is 13.7. The van der Waals surface area contributed by atoms with Gasteiger partial charge in [-0.2, -0.15) is 35.1 Å². The van der Waals surface area contributed by atoms with Crippen LogP contribution in [0.5, 0.6) is 0 Å². The predicted molar refractivity (Wildman–Crippen MR) is 153 cm³/mol. The lowest BCUT2D eigenvalue weighted by Crippen LogP contribution is -2.64. The molecule has 40 heavy (non-hydrogen) atoms. The van der Waals surface area contributed by atoms with Crippen molar-refractivity contribution in [2.45, 2.75) is 23.2 Å². The molecule has 0 aliphatic rings. The van der Waals surface area contributed by atoms with Crippen molar-refractivity contribution in [1.29, 1.82) is 0 Å². The van der Waals surface area contributed by atoms with Crippen molar-refractivity contribution in [3.05, 3.63) is 121 Å². The molecular formula is C28H20F8P2S2. The van der Waals surface area contributed by atoms with Gasteiger partial charge in [-0.1, -0.05) is 145 Å². The van der Waals surface area contributed by atoms with E-state index in [9.17, 15) is 0 Å². The molecule has 0 nitrogen and oxygen atoms in total. The standard InChI is InChI=1S/C28H20F8P2S2/c29-25(30,27(33,34)37(39,21-13-5-1-6-14-21)22-15-7-2-8-16-22)26(31,32)28(35,36)38(40,23-17-9-3-10-18-23)24-19-11-4-12-20-24/h1-20H. The molecule has 0 N–H and O–H groups in total.